The Morgan fingerprint density at radius 3 is 2.37 bits per heavy atom. The van der Waals surface area contributed by atoms with Crippen molar-refractivity contribution in [2.45, 2.75) is 23.9 Å². The summed E-state index contributed by atoms with van der Waals surface area (Å²) in [6.45, 7) is 0.861. The average Bonchev–Trinajstić information content (AvgIpc) is 3.05. The normalized spacial score (nSPS) is 15.6. The van der Waals surface area contributed by atoms with E-state index in [2.05, 4.69) is 4.98 Å². The van der Waals surface area contributed by atoms with Crippen LogP contribution in [-0.4, -0.2) is 17.7 Å². The quantitative estimate of drug-likeness (QED) is 0.885. The van der Waals surface area contributed by atoms with Crippen molar-refractivity contribution in [2.24, 2.45) is 0 Å². The van der Waals surface area contributed by atoms with Gasteiger partial charge >= 0.3 is 0 Å². The van der Waals surface area contributed by atoms with Gasteiger partial charge in [-0.1, -0.05) is 24.3 Å². The largest absolute Gasteiger partial charge is 0.363 e. The van der Waals surface area contributed by atoms with Crippen LogP contribution in [0.2, 0.25) is 0 Å². The molecule has 1 aromatic carbocycles. The third-order valence-electron chi connectivity index (χ3n) is 3.31. The minimum atomic E-state index is -3.45. The van der Waals surface area contributed by atoms with E-state index in [-0.39, 0.29) is 10.8 Å². The minimum absolute atomic E-state index is 0.274. The maximum Gasteiger partial charge on any atom is 0.245 e. The van der Waals surface area contributed by atoms with E-state index in [1.54, 1.807) is 6.07 Å². The summed E-state index contributed by atoms with van der Waals surface area (Å²) in [5.74, 6) is 0.274. The Kier molecular flexibility index (Phi) is 3.12. The van der Waals surface area contributed by atoms with Crippen molar-refractivity contribution < 1.29 is 8.42 Å². The highest BCUT2D eigenvalue weighted by atomic mass is 35.5. The molecular formula is C13H13ClN2O2S. The predicted octanol–water partition coefficient (Wildman–Crippen LogP) is 2.46. The molecule has 1 aliphatic heterocycles. The third-order valence-corrected chi connectivity index (χ3v) is 5.37. The van der Waals surface area contributed by atoms with Crippen LogP contribution in [0, 0.1) is 0 Å². The Balaban J connectivity index is 1.91. The van der Waals surface area contributed by atoms with Crippen LogP contribution in [0.3, 0.4) is 0 Å². The van der Waals surface area contributed by atoms with Gasteiger partial charge in [-0.25, -0.2) is 8.42 Å². The second-order valence-electron chi connectivity index (χ2n) is 4.54. The molecule has 1 aromatic heterocycles. The molecule has 4 nitrogen and oxygen atoms in total. The van der Waals surface area contributed by atoms with Crippen molar-refractivity contribution in [3.8, 4) is 0 Å². The van der Waals surface area contributed by atoms with E-state index in [9.17, 15) is 8.42 Å². The predicted molar refractivity (Wildman–Crippen MR) is 73.2 cm³/mol. The highest BCUT2D eigenvalue weighted by molar-refractivity contribution is 7.89. The minimum Gasteiger partial charge on any atom is -0.363 e. The number of aromatic amines is 1. The van der Waals surface area contributed by atoms with E-state index >= 15 is 0 Å². The summed E-state index contributed by atoms with van der Waals surface area (Å²) in [7, 11) is -3.45. The number of H-pyrrole nitrogens is 1. The van der Waals surface area contributed by atoms with Crippen LogP contribution < -0.4 is 0 Å². The van der Waals surface area contributed by atoms with Crippen molar-refractivity contribution in [3.05, 3.63) is 53.3 Å². The molecule has 0 atom stereocenters. The fourth-order valence-electron chi connectivity index (χ4n) is 2.27. The Hall–Kier alpha value is -1.30. The molecule has 2 heterocycles. The van der Waals surface area contributed by atoms with Crippen molar-refractivity contribution in [2.75, 3.05) is 0 Å². The number of halogens is 1. The first-order chi connectivity index (χ1) is 9.11. The number of nitrogens with one attached hydrogen (secondary N) is 1. The zero-order valence-corrected chi connectivity index (χ0v) is 11.7. The zero-order valence-electron chi connectivity index (χ0n) is 10.1. The summed E-state index contributed by atoms with van der Waals surface area (Å²) in [5, 5.41) is 0. The summed E-state index contributed by atoms with van der Waals surface area (Å²) in [6, 6.07) is 9.37. The van der Waals surface area contributed by atoms with Crippen LogP contribution in [0.5, 0.6) is 0 Å². The number of nitrogens with zero attached hydrogens (tertiary/aromatic N) is 1. The molecule has 0 aliphatic carbocycles. The molecule has 100 valence electrons. The molecule has 2 aromatic rings. The van der Waals surface area contributed by atoms with E-state index in [0.717, 1.165) is 11.1 Å². The maximum atomic E-state index is 12.5. The lowest BCUT2D eigenvalue weighted by molar-refractivity contribution is 0.431. The molecule has 19 heavy (non-hydrogen) atoms. The second kappa shape index (κ2) is 4.67. The number of hydrogen-bond acceptors (Lipinski definition) is 2. The van der Waals surface area contributed by atoms with Crippen molar-refractivity contribution in [1.29, 1.82) is 0 Å². The van der Waals surface area contributed by atoms with Crippen molar-refractivity contribution >= 4 is 21.6 Å². The van der Waals surface area contributed by atoms with Gasteiger partial charge in [-0.15, -0.1) is 11.6 Å². The van der Waals surface area contributed by atoms with E-state index in [4.69, 9.17) is 11.6 Å². The zero-order chi connectivity index (χ0) is 13.5. The number of rotatable bonds is 3. The molecule has 1 N–H and O–H groups in total. The van der Waals surface area contributed by atoms with Crippen LogP contribution in [0.25, 0.3) is 0 Å². The second-order valence-corrected chi connectivity index (χ2v) is 6.74. The smallest absolute Gasteiger partial charge is 0.245 e. The molecule has 0 amide bonds. The number of aromatic nitrogens is 1. The van der Waals surface area contributed by atoms with Crippen LogP contribution in [0.4, 0.5) is 0 Å². The van der Waals surface area contributed by atoms with E-state index in [1.807, 2.05) is 24.3 Å². The highest BCUT2D eigenvalue weighted by Gasteiger charge is 2.30. The Bertz CT molecular complexity index is 684. The lowest BCUT2D eigenvalue weighted by Crippen LogP contribution is -2.25. The number of fused-ring (bicyclic) bond motifs is 1. The van der Waals surface area contributed by atoms with Crippen LogP contribution >= 0.6 is 11.6 Å². The lowest BCUT2D eigenvalue weighted by atomic mass is 10.1. The summed E-state index contributed by atoms with van der Waals surface area (Å²) < 4.78 is 26.5. The monoisotopic (exact) mass is 296 g/mol. The topological polar surface area (TPSA) is 53.2 Å². The number of hydrogen-bond donors (Lipinski definition) is 1. The Morgan fingerprint density at radius 1 is 1.21 bits per heavy atom. The number of benzene rings is 1. The third kappa shape index (κ3) is 2.18. The molecular weight excluding hydrogens is 284 g/mol. The summed E-state index contributed by atoms with van der Waals surface area (Å²) in [6.07, 6.45) is 1.50. The molecule has 3 rings (SSSR count). The Labute approximate surface area is 117 Å². The standard InChI is InChI=1S/C13H13ClN2O2S/c14-6-12-5-13(7-15-12)19(17,18)16-8-10-3-1-2-4-11(10)9-16/h1-5,7,15H,6,8-9H2. The SMILES string of the molecule is O=S(=O)(c1c[nH]c(CCl)c1)N1Cc2ccccc2C1. The number of sulfonamides is 1. The van der Waals surface area contributed by atoms with Gasteiger partial charge in [0.1, 0.15) is 0 Å². The van der Waals surface area contributed by atoms with Gasteiger partial charge in [0.2, 0.25) is 10.0 Å². The molecule has 0 radical (unpaired) electrons. The summed E-state index contributed by atoms with van der Waals surface area (Å²) >= 11 is 5.68. The molecule has 6 heteroatoms. The van der Waals surface area contributed by atoms with Gasteiger partial charge in [0, 0.05) is 25.0 Å². The lowest BCUT2D eigenvalue weighted by Gasteiger charge is -2.14. The van der Waals surface area contributed by atoms with Gasteiger partial charge in [-0.2, -0.15) is 4.31 Å². The molecule has 0 spiro atoms. The van der Waals surface area contributed by atoms with Gasteiger partial charge in [0.25, 0.3) is 0 Å². The highest BCUT2D eigenvalue weighted by Crippen LogP contribution is 2.28. The fraction of sp³-hybridized carbons (Fsp3) is 0.231. The van der Waals surface area contributed by atoms with Gasteiger partial charge in [0.15, 0.2) is 0 Å². The van der Waals surface area contributed by atoms with Gasteiger partial charge < -0.3 is 4.98 Å². The average molecular weight is 297 g/mol. The molecule has 0 saturated carbocycles. The van der Waals surface area contributed by atoms with Crippen LogP contribution in [-0.2, 0) is 29.0 Å². The van der Waals surface area contributed by atoms with Gasteiger partial charge in [-0.3, -0.25) is 0 Å². The van der Waals surface area contributed by atoms with Crippen molar-refractivity contribution in [3.63, 3.8) is 0 Å². The summed E-state index contributed by atoms with van der Waals surface area (Å²) in [4.78, 5) is 3.14. The van der Waals surface area contributed by atoms with Gasteiger partial charge in [-0.05, 0) is 17.2 Å². The first-order valence-corrected chi connectivity index (χ1v) is 7.89. The first kappa shape index (κ1) is 12.7. The maximum absolute atomic E-state index is 12.5. The fourth-order valence-corrected chi connectivity index (χ4v) is 3.84. The molecule has 1 aliphatic rings. The molecule has 0 unspecified atom stereocenters. The van der Waals surface area contributed by atoms with E-state index < -0.39 is 10.0 Å². The molecule has 0 fully saturated rings. The van der Waals surface area contributed by atoms with Gasteiger partial charge in [0.05, 0.1) is 10.8 Å². The van der Waals surface area contributed by atoms with Crippen LogP contribution in [0.1, 0.15) is 16.8 Å². The molecule has 0 bridgehead atoms. The van der Waals surface area contributed by atoms with E-state index in [0.29, 0.717) is 18.8 Å². The molecule has 0 saturated heterocycles. The summed E-state index contributed by atoms with van der Waals surface area (Å²) in [5.41, 5.74) is 2.84. The van der Waals surface area contributed by atoms with E-state index in [1.165, 1.54) is 10.5 Å². The Morgan fingerprint density at radius 2 is 1.84 bits per heavy atom. The van der Waals surface area contributed by atoms with Crippen molar-refractivity contribution in [1.82, 2.24) is 9.29 Å². The number of alkyl halides is 1. The van der Waals surface area contributed by atoms with Crippen LogP contribution in [0.15, 0.2) is 41.4 Å². The first-order valence-electron chi connectivity index (χ1n) is 5.91.